The predicted molar refractivity (Wildman–Crippen MR) is 113 cm³/mol. The average Bonchev–Trinajstić information content (AvgIpc) is 3.21. The van der Waals surface area contributed by atoms with E-state index in [4.69, 9.17) is 8.85 Å². The molecule has 0 unspecified atom stereocenters. The fraction of sp³-hybridized carbons (Fsp3) is 0.300. The van der Waals surface area contributed by atoms with Gasteiger partial charge in [-0.15, -0.1) is 10.2 Å². The number of methoxy groups -OCH3 is 1. The van der Waals surface area contributed by atoms with Crippen molar-refractivity contribution in [3.63, 3.8) is 0 Å². The third kappa shape index (κ3) is 4.42. The first-order valence-corrected chi connectivity index (χ1v) is 9.57. The van der Waals surface area contributed by atoms with E-state index in [1.165, 1.54) is 24.2 Å². The highest BCUT2D eigenvalue weighted by molar-refractivity contribution is 6.00. The Kier molecular flexibility index (Phi) is 4.69. The number of nitrogens with one attached hydrogen (secondary N) is 3. The van der Waals surface area contributed by atoms with Crippen LogP contribution in [-0.4, -0.2) is 56.8 Å². The molecule has 172 valence electrons. The summed E-state index contributed by atoms with van der Waals surface area (Å²) in [6, 6.07) is 6.13. The van der Waals surface area contributed by atoms with Crippen molar-refractivity contribution in [2.45, 2.75) is 12.3 Å². The number of aromatic nitrogens is 5. The molecule has 4 rings (SSSR count). The van der Waals surface area contributed by atoms with Crippen LogP contribution in [0, 0.1) is 5.92 Å². The summed E-state index contributed by atoms with van der Waals surface area (Å²) in [5, 5.41) is 18.6. The minimum Gasteiger partial charge on any atom is -0.494 e. The van der Waals surface area contributed by atoms with Crippen LogP contribution in [0.5, 0.6) is 5.75 Å². The van der Waals surface area contributed by atoms with Crippen LogP contribution in [0.1, 0.15) is 21.0 Å². The molecular formula is C20H20F2N8O3. The number of aryl methyl sites for hydroxylation is 1. The molecule has 2 aromatic heterocycles. The van der Waals surface area contributed by atoms with E-state index in [-0.39, 0.29) is 17.3 Å². The molecule has 0 bridgehead atoms. The first kappa shape index (κ1) is 18.4. The van der Waals surface area contributed by atoms with Crippen LogP contribution in [0.2, 0.25) is 0 Å². The number of nitrogens with zero attached hydrogens (tertiary/aromatic N) is 5. The summed E-state index contributed by atoms with van der Waals surface area (Å²) in [5.74, 6) is -6.21. The van der Waals surface area contributed by atoms with E-state index in [0.717, 1.165) is 0 Å². The van der Waals surface area contributed by atoms with Gasteiger partial charge in [-0.05, 0) is 12.1 Å². The third-order valence-electron chi connectivity index (χ3n) is 4.85. The normalized spacial score (nSPS) is 17.8. The molecule has 0 radical (unpaired) electrons. The summed E-state index contributed by atoms with van der Waals surface area (Å²) in [6.45, 7) is -2.82. The molecule has 2 amide bonds. The minimum atomic E-state index is -3.09. The van der Waals surface area contributed by atoms with Gasteiger partial charge in [0, 0.05) is 30.6 Å². The van der Waals surface area contributed by atoms with Gasteiger partial charge in [-0.25, -0.2) is 13.8 Å². The number of rotatable bonds is 7. The van der Waals surface area contributed by atoms with Crippen molar-refractivity contribution in [3.05, 3.63) is 36.3 Å². The molecule has 1 aliphatic carbocycles. The second kappa shape index (κ2) is 8.41. The number of alkyl halides is 2. The van der Waals surface area contributed by atoms with Gasteiger partial charge in [0.1, 0.15) is 12.2 Å². The lowest BCUT2D eigenvalue weighted by Gasteiger charge is -2.16. The molecule has 2 heterocycles. The molecule has 3 N–H and O–H groups in total. The van der Waals surface area contributed by atoms with Crippen molar-refractivity contribution < 1.29 is 27.2 Å². The smallest absolute Gasteiger partial charge is 0.273 e. The molecule has 1 aliphatic rings. The maximum Gasteiger partial charge on any atom is 0.273 e. The number of anilines is 3. The zero-order valence-corrected chi connectivity index (χ0v) is 17.4. The Hall–Kier alpha value is -4.16. The SMILES string of the molecule is [2H]C([2H])([2H])NC(=O)c1nnc(NC(=O)[C@H]2CC2(F)F)cc1Nc1cccc(-c2ncn(C)n2)c1OC. The van der Waals surface area contributed by atoms with E-state index in [2.05, 4.69) is 30.9 Å². The van der Waals surface area contributed by atoms with Crippen LogP contribution in [0.3, 0.4) is 0 Å². The van der Waals surface area contributed by atoms with Crippen molar-refractivity contribution in [2.24, 2.45) is 13.0 Å². The molecule has 0 saturated heterocycles. The van der Waals surface area contributed by atoms with Gasteiger partial charge < -0.3 is 20.7 Å². The zero-order valence-electron chi connectivity index (χ0n) is 20.4. The number of ether oxygens (including phenoxy) is 1. The lowest BCUT2D eigenvalue weighted by molar-refractivity contribution is -0.119. The Morgan fingerprint density at radius 3 is 2.73 bits per heavy atom. The van der Waals surface area contributed by atoms with Crippen LogP contribution in [0.25, 0.3) is 11.4 Å². The topological polar surface area (TPSA) is 136 Å². The highest BCUT2D eigenvalue weighted by atomic mass is 19.3. The van der Waals surface area contributed by atoms with Crippen molar-refractivity contribution in [3.8, 4) is 17.1 Å². The van der Waals surface area contributed by atoms with Crippen LogP contribution in [0.4, 0.5) is 26.0 Å². The Morgan fingerprint density at radius 1 is 1.30 bits per heavy atom. The first-order valence-electron chi connectivity index (χ1n) is 11.1. The minimum absolute atomic E-state index is 0.0750. The van der Waals surface area contributed by atoms with Gasteiger partial charge in [-0.1, -0.05) is 6.07 Å². The summed E-state index contributed by atoms with van der Waals surface area (Å²) in [7, 11) is 3.10. The number of hydrogen-bond donors (Lipinski definition) is 3. The van der Waals surface area contributed by atoms with E-state index < -0.39 is 42.7 Å². The van der Waals surface area contributed by atoms with Crippen LogP contribution < -0.4 is 20.7 Å². The fourth-order valence-corrected chi connectivity index (χ4v) is 3.13. The summed E-state index contributed by atoms with van der Waals surface area (Å²) >= 11 is 0. The van der Waals surface area contributed by atoms with E-state index >= 15 is 0 Å². The van der Waals surface area contributed by atoms with Crippen molar-refractivity contribution in [1.82, 2.24) is 30.3 Å². The molecule has 0 aliphatic heterocycles. The molecule has 1 fully saturated rings. The van der Waals surface area contributed by atoms with E-state index in [1.54, 1.807) is 25.2 Å². The summed E-state index contributed by atoms with van der Waals surface area (Å²) in [6.07, 6.45) is 0.916. The molecule has 11 nitrogen and oxygen atoms in total. The highest BCUT2D eigenvalue weighted by Crippen LogP contribution is 2.49. The van der Waals surface area contributed by atoms with Gasteiger partial charge >= 0.3 is 0 Å². The second-order valence-electron chi connectivity index (χ2n) is 7.21. The zero-order chi connectivity index (χ0) is 26.3. The van der Waals surface area contributed by atoms with Crippen LogP contribution >= 0.6 is 0 Å². The summed E-state index contributed by atoms with van der Waals surface area (Å²) in [5.41, 5.74) is 0.311. The van der Waals surface area contributed by atoms with Crippen molar-refractivity contribution in [1.29, 1.82) is 0 Å². The van der Waals surface area contributed by atoms with Gasteiger partial charge in [-0.3, -0.25) is 14.3 Å². The fourth-order valence-electron chi connectivity index (χ4n) is 3.13. The van der Waals surface area contributed by atoms with Gasteiger partial charge in [0.05, 0.1) is 24.0 Å². The Morgan fingerprint density at radius 2 is 2.09 bits per heavy atom. The number of hydrogen-bond acceptors (Lipinski definition) is 8. The van der Waals surface area contributed by atoms with Crippen molar-refractivity contribution >= 4 is 29.0 Å². The van der Waals surface area contributed by atoms with Gasteiger partial charge in [0.25, 0.3) is 11.8 Å². The molecule has 1 saturated carbocycles. The van der Waals surface area contributed by atoms with Crippen LogP contribution in [0.15, 0.2) is 30.6 Å². The Labute approximate surface area is 190 Å². The standard InChI is InChI=1S/C20H20F2N8O3/c1-23-19(32)15-13(7-14(27-28-15)26-18(31)11-8-20(11,21)22)25-12-6-4-5-10(16(12)33-3)17-24-9-30(2)29-17/h4-7,9,11H,8H2,1-3H3,(H,23,32)(H2,25,26,27,31)/t11-/m1/s1/i1D3. The highest BCUT2D eigenvalue weighted by Gasteiger charge is 2.61. The monoisotopic (exact) mass is 461 g/mol. The number of amides is 2. The maximum absolute atomic E-state index is 13.3. The van der Waals surface area contributed by atoms with Gasteiger partial charge in [0.15, 0.2) is 23.1 Å². The second-order valence-corrected chi connectivity index (χ2v) is 7.21. The van der Waals surface area contributed by atoms with Crippen LogP contribution in [-0.2, 0) is 11.8 Å². The van der Waals surface area contributed by atoms with Gasteiger partial charge in [-0.2, -0.15) is 5.10 Å². The summed E-state index contributed by atoms with van der Waals surface area (Å²) in [4.78, 5) is 28.9. The largest absolute Gasteiger partial charge is 0.494 e. The van der Waals surface area contributed by atoms with Gasteiger partial charge in [0.2, 0.25) is 5.91 Å². The molecule has 1 aromatic carbocycles. The number of carbonyl (C=O) groups is 2. The molecular weight excluding hydrogens is 438 g/mol. The Bertz CT molecular complexity index is 1330. The van der Waals surface area contributed by atoms with E-state index in [1.807, 2.05) is 5.32 Å². The van der Waals surface area contributed by atoms with Crippen molar-refractivity contribution in [2.75, 3.05) is 24.7 Å². The maximum atomic E-state index is 13.3. The quantitative estimate of drug-likeness (QED) is 0.486. The average molecular weight is 461 g/mol. The predicted octanol–water partition coefficient (Wildman–Crippen LogP) is 1.98. The molecule has 33 heavy (non-hydrogen) atoms. The van der Waals surface area contributed by atoms with E-state index in [9.17, 15) is 18.4 Å². The molecule has 13 heteroatoms. The molecule has 3 aromatic rings. The number of carbonyl (C=O) groups excluding carboxylic acids is 2. The lowest BCUT2D eigenvalue weighted by atomic mass is 10.1. The molecule has 0 spiro atoms. The summed E-state index contributed by atoms with van der Waals surface area (Å²) < 4.78 is 55.4. The molecule has 1 atom stereocenters. The number of halogens is 2. The number of benzene rings is 1. The lowest BCUT2D eigenvalue weighted by Crippen LogP contribution is -2.23. The Balaban J connectivity index is 1.71. The number of para-hydroxylation sites is 1. The third-order valence-corrected chi connectivity index (χ3v) is 4.85. The first-order chi connectivity index (χ1) is 16.9. The van der Waals surface area contributed by atoms with E-state index in [0.29, 0.717) is 17.1 Å².